The van der Waals surface area contributed by atoms with Crippen molar-refractivity contribution in [1.82, 2.24) is 20.5 Å². The maximum absolute atomic E-state index is 11.9. The third kappa shape index (κ3) is 4.14. The van der Waals surface area contributed by atoms with Crippen LogP contribution in [-0.4, -0.2) is 33.9 Å². The van der Waals surface area contributed by atoms with Crippen LogP contribution in [0.15, 0.2) is 11.2 Å². The number of aryl methyl sites for hydroxylation is 2. The van der Waals surface area contributed by atoms with Crippen molar-refractivity contribution in [3.8, 4) is 0 Å². The molecule has 7 nitrogen and oxygen atoms in total. The number of carbonyl (C=O) groups is 2. The van der Waals surface area contributed by atoms with E-state index in [1.165, 1.54) is 0 Å². The molecule has 2 rings (SSSR count). The molecule has 1 unspecified atom stereocenters. The molecule has 2 N–H and O–H groups in total. The highest BCUT2D eigenvalue weighted by molar-refractivity contribution is 6.39. The molecule has 114 valence electrons. The standard InChI is InChI=1S/C14H21N5O2/c1-9(8-19-11(3)6-10(2)18-19)7-15-14(21)12-4-5-13(20)17-16-12/h6,9H,4-5,7-8H2,1-3H3,(H,15,21)(H,17,20). The summed E-state index contributed by atoms with van der Waals surface area (Å²) in [7, 11) is 0. The first kappa shape index (κ1) is 15.2. The lowest BCUT2D eigenvalue weighted by molar-refractivity contribution is -0.121. The van der Waals surface area contributed by atoms with Gasteiger partial charge in [-0.25, -0.2) is 5.43 Å². The molecule has 0 aliphatic carbocycles. The lowest BCUT2D eigenvalue weighted by Crippen LogP contribution is -2.39. The molecule has 0 saturated carbocycles. The first-order valence-electron chi connectivity index (χ1n) is 7.10. The second kappa shape index (κ2) is 6.51. The minimum atomic E-state index is -0.213. The molecule has 1 aromatic rings. The van der Waals surface area contributed by atoms with E-state index in [9.17, 15) is 9.59 Å². The molecule has 0 saturated heterocycles. The van der Waals surface area contributed by atoms with Gasteiger partial charge in [-0.3, -0.25) is 14.3 Å². The van der Waals surface area contributed by atoms with Gasteiger partial charge in [0.05, 0.1) is 5.69 Å². The Hall–Kier alpha value is -2.18. The quantitative estimate of drug-likeness (QED) is 0.829. The minimum Gasteiger partial charge on any atom is -0.351 e. The Morgan fingerprint density at radius 3 is 2.81 bits per heavy atom. The zero-order valence-electron chi connectivity index (χ0n) is 12.6. The molecule has 2 amide bonds. The number of hydrazone groups is 1. The third-order valence-corrected chi connectivity index (χ3v) is 3.37. The number of nitrogens with zero attached hydrogens (tertiary/aromatic N) is 3. The van der Waals surface area contributed by atoms with Gasteiger partial charge < -0.3 is 5.32 Å². The summed E-state index contributed by atoms with van der Waals surface area (Å²) in [6.45, 7) is 7.34. The van der Waals surface area contributed by atoms with Gasteiger partial charge in [-0.05, 0) is 25.8 Å². The molecule has 1 aliphatic rings. The highest BCUT2D eigenvalue weighted by Gasteiger charge is 2.18. The summed E-state index contributed by atoms with van der Waals surface area (Å²) in [5.41, 5.74) is 4.82. The van der Waals surface area contributed by atoms with Crippen LogP contribution in [-0.2, 0) is 16.1 Å². The summed E-state index contributed by atoms with van der Waals surface area (Å²) >= 11 is 0. The Balaban J connectivity index is 1.81. The van der Waals surface area contributed by atoms with Gasteiger partial charge in [-0.2, -0.15) is 10.2 Å². The van der Waals surface area contributed by atoms with Crippen molar-refractivity contribution in [3.05, 3.63) is 17.5 Å². The van der Waals surface area contributed by atoms with E-state index in [4.69, 9.17) is 0 Å². The van der Waals surface area contributed by atoms with Crippen molar-refractivity contribution in [3.63, 3.8) is 0 Å². The second-order valence-corrected chi connectivity index (χ2v) is 5.52. The van der Waals surface area contributed by atoms with Gasteiger partial charge in [0.2, 0.25) is 5.91 Å². The number of amides is 2. The smallest absolute Gasteiger partial charge is 0.267 e. The average Bonchev–Trinajstić information content (AvgIpc) is 2.75. The summed E-state index contributed by atoms with van der Waals surface area (Å²) in [4.78, 5) is 22.9. The highest BCUT2D eigenvalue weighted by Crippen LogP contribution is 2.06. The van der Waals surface area contributed by atoms with Crippen LogP contribution in [0.25, 0.3) is 0 Å². The molecule has 0 aromatic carbocycles. The van der Waals surface area contributed by atoms with Crippen molar-refractivity contribution >= 4 is 17.5 Å². The highest BCUT2D eigenvalue weighted by atomic mass is 16.2. The lowest BCUT2D eigenvalue weighted by Gasteiger charge is -2.16. The Kier molecular flexibility index (Phi) is 4.72. The van der Waals surface area contributed by atoms with Crippen LogP contribution in [0.1, 0.15) is 31.2 Å². The molecular weight excluding hydrogens is 270 g/mol. The van der Waals surface area contributed by atoms with Crippen LogP contribution in [0.5, 0.6) is 0 Å². The van der Waals surface area contributed by atoms with Gasteiger partial charge in [-0.15, -0.1) is 0 Å². The molecular formula is C14H21N5O2. The molecule has 0 bridgehead atoms. The van der Waals surface area contributed by atoms with Gasteiger partial charge in [0.1, 0.15) is 5.71 Å². The SMILES string of the molecule is Cc1cc(C)n(CC(C)CNC(=O)C2=NNC(=O)CC2)n1. The van der Waals surface area contributed by atoms with Crippen molar-refractivity contribution in [2.45, 2.75) is 40.2 Å². The fourth-order valence-electron chi connectivity index (χ4n) is 2.23. The Morgan fingerprint density at radius 1 is 1.48 bits per heavy atom. The fourth-order valence-corrected chi connectivity index (χ4v) is 2.23. The van der Waals surface area contributed by atoms with E-state index in [2.05, 4.69) is 27.9 Å². The predicted molar refractivity (Wildman–Crippen MR) is 78.7 cm³/mol. The van der Waals surface area contributed by atoms with E-state index < -0.39 is 0 Å². The molecule has 0 radical (unpaired) electrons. The van der Waals surface area contributed by atoms with E-state index in [1.807, 2.05) is 24.6 Å². The normalized spacial score (nSPS) is 16.1. The molecule has 1 aromatic heterocycles. The number of hydrogen-bond donors (Lipinski definition) is 2. The Morgan fingerprint density at radius 2 is 2.24 bits per heavy atom. The van der Waals surface area contributed by atoms with Gasteiger partial charge >= 0.3 is 0 Å². The molecule has 21 heavy (non-hydrogen) atoms. The number of hydrogen-bond acceptors (Lipinski definition) is 4. The second-order valence-electron chi connectivity index (χ2n) is 5.52. The monoisotopic (exact) mass is 291 g/mol. The first-order valence-corrected chi connectivity index (χ1v) is 7.10. The summed E-state index contributed by atoms with van der Waals surface area (Å²) in [5.74, 6) is -0.106. The van der Waals surface area contributed by atoms with Crippen LogP contribution in [0, 0.1) is 19.8 Å². The van der Waals surface area contributed by atoms with Crippen molar-refractivity contribution in [2.75, 3.05) is 6.54 Å². The van der Waals surface area contributed by atoms with Gasteiger partial charge in [0, 0.05) is 31.6 Å². The van der Waals surface area contributed by atoms with Crippen LogP contribution in [0.4, 0.5) is 0 Å². The summed E-state index contributed by atoms with van der Waals surface area (Å²) in [5, 5.41) is 11.0. The molecule has 1 aliphatic heterocycles. The van der Waals surface area contributed by atoms with Crippen molar-refractivity contribution in [1.29, 1.82) is 0 Å². The summed E-state index contributed by atoms with van der Waals surface area (Å²) in [6.07, 6.45) is 0.705. The third-order valence-electron chi connectivity index (χ3n) is 3.37. The molecule has 7 heteroatoms. The van der Waals surface area contributed by atoms with E-state index >= 15 is 0 Å². The fraction of sp³-hybridized carbons (Fsp3) is 0.571. The first-order chi connectivity index (χ1) is 9.95. The van der Waals surface area contributed by atoms with Crippen LogP contribution in [0.2, 0.25) is 0 Å². The van der Waals surface area contributed by atoms with Crippen LogP contribution >= 0.6 is 0 Å². The van der Waals surface area contributed by atoms with Crippen molar-refractivity contribution in [2.24, 2.45) is 11.0 Å². The number of carbonyl (C=O) groups excluding carboxylic acids is 2. The zero-order chi connectivity index (χ0) is 15.4. The Bertz CT molecular complexity index is 576. The molecule has 0 spiro atoms. The van der Waals surface area contributed by atoms with E-state index in [-0.39, 0.29) is 17.7 Å². The number of nitrogens with one attached hydrogen (secondary N) is 2. The van der Waals surface area contributed by atoms with Gasteiger partial charge in [0.25, 0.3) is 5.91 Å². The summed E-state index contributed by atoms with van der Waals surface area (Å²) in [6, 6.07) is 2.03. The van der Waals surface area contributed by atoms with E-state index in [0.717, 1.165) is 17.9 Å². The zero-order valence-corrected chi connectivity index (χ0v) is 12.6. The van der Waals surface area contributed by atoms with Crippen LogP contribution < -0.4 is 10.7 Å². The van der Waals surface area contributed by atoms with Gasteiger partial charge in [0.15, 0.2) is 0 Å². The maximum Gasteiger partial charge on any atom is 0.267 e. The average molecular weight is 291 g/mol. The lowest BCUT2D eigenvalue weighted by atomic mass is 10.1. The largest absolute Gasteiger partial charge is 0.351 e. The van der Waals surface area contributed by atoms with E-state index in [0.29, 0.717) is 25.1 Å². The van der Waals surface area contributed by atoms with Gasteiger partial charge in [-0.1, -0.05) is 6.92 Å². The Labute approximate surface area is 123 Å². The number of rotatable bonds is 5. The van der Waals surface area contributed by atoms with Crippen LogP contribution in [0.3, 0.4) is 0 Å². The topological polar surface area (TPSA) is 88.4 Å². The number of aromatic nitrogens is 2. The van der Waals surface area contributed by atoms with E-state index in [1.54, 1.807) is 0 Å². The maximum atomic E-state index is 11.9. The summed E-state index contributed by atoms with van der Waals surface area (Å²) < 4.78 is 1.95. The molecule has 1 atom stereocenters. The van der Waals surface area contributed by atoms with Crippen molar-refractivity contribution < 1.29 is 9.59 Å². The molecule has 2 heterocycles. The predicted octanol–water partition coefficient (Wildman–Crippen LogP) is 0.518. The minimum absolute atomic E-state index is 0.149. The molecule has 0 fully saturated rings.